The summed E-state index contributed by atoms with van der Waals surface area (Å²) in [6.07, 6.45) is 2.27. The van der Waals surface area contributed by atoms with E-state index in [1.165, 1.54) is 44.8 Å². The van der Waals surface area contributed by atoms with Crippen LogP contribution in [0.5, 0.6) is 0 Å². The molecule has 284 valence electrons. The third kappa shape index (κ3) is 7.76. The standard InChI is InChI=1S/C44H39FN4O5S2/c1-48(44(52)54-26-37-33-11-4-2-9-31(33)32-10-3-5-12-34(32)37)25-28-16-18-29(19-17-28)42-35-13-8-14-39(50)36-23-30(45)24-38(41(35)36)49(42)27-47-43(51)53-21-22-55-56-40-15-6-7-20-46-40/h2-7,9-12,15-20,23-24,37H,8,13-14,21-22,25-27H2,1H3,(H,47,51). The molecule has 0 aliphatic heterocycles. The highest BCUT2D eigenvalue weighted by Gasteiger charge is 2.30. The van der Waals surface area contributed by atoms with Gasteiger partial charge in [-0.25, -0.2) is 19.0 Å². The maximum absolute atomic E-state index is 15.1. The summed E-state index contributed by atoms with van der Waals surface area (Å²) in [7, 11) is 4.76. The molecule has 4 aromatic carbocycles. The molecule has 2 aliphatic carbocycles. The normalized spacial score (nSPS) is 13.2. The highest BCUT2D eigenvalue weighted by molar-refractivity contribution is 8.76. The van der Waals surface area contributed by atoms with Crippen molar-refractivity contribution in [1.82, 2.24) is 19.8 Å². The van der Waals surface area contributed by atoms with E-state index in [0.717, 1.165) is 38.5 Å². The molecule has 56 heavy (non-hydrogen) atoms. The molecule has 9 nitrogen and oxygen atoms in total. The summed E-state index contributed by atoms with van der Waals surface area (Å²) >= 11 is 0. The molecule has 2 aromatic heterocycles. The summed E-state index contributed by atoms with van der Waals surface area (Å²) in [5.74, 6) is -0.0820. The van der Waals surface area contributed by atoms with Gasteiger partial charge >= 0.3 is 12.2 Å². The number of fused-ring (bicyclic) bond motifs is 3. The van der Waals surface area contributed by atoms with Gasteiger partial charge in [0.15, 0.2) is 5.78 Å². The molecule has 0 saturated carbocycles. The lowest BCUT2D eigenvalue weighted by Crippen LogP contribution is -2.28. The molecule has 2 aliphatic rings. The molecule has 12 heteroatoms. The number of carbonyl (C=O) groups excluding carboxylic acids is 3. The Kier molecular flexibility index (Phi) is 11.1. The molecule has 1 N–H and O–H groups in total. The van der Waals surface area contributed by atoms with Crippen molar-refractivity contribution in [3.8, 4) is 22.4 Å². The smallest absolute Gasteiger partial charge is 0.409 e. The number of aromatic nitrogens is 2. The van der Waals surface area contributed by atoms with Gasteiger partial charge in [0.1, 0.15) is 24.1 Å². The van der Waals surface area contributed by atoms with Crippen molar-refractivity contribution in [3.63, 3.8) is 0 Å². The number of amides is 2. The Morgan fingerprint density at radius 2 is 1.64 bits per heavy atom. The molecule has 2 heterocycles. The van der Waals surface area contributed by atoms with Gasteiger partial charge in [-0.15, -0.1) is 0 Å². The fraction of sp³-hybridized carbons (Fsp3) is 0.227. The highest BCUT2D eigenvalue weighted by Crippen LogP contribution is 2.45. The number of ketones is 1. The van der Waals surface area contributed by atoms with Gasteiger partial charge in [0.2, 0.25) is 0 Å². The monoisotopic (exact) mass is 786 g/mol. The number of alkyl carbamates (subject to hydrolysis) is 1. The number of rotatable bonds is 12. The Morgan fingerprint density at radius 3 is 2.38 bits per heavy atom. The van der Waals surface area contributed by atoms with Crippen LogP contribution in [0.3, 0.4) is 0 Å². The number of ether oxygens (including phenoxy) is 2. The van der Waals surface area contributed by atoms with Gasteiger partial charge in [-0.3, -0.25) is 4.79 Å². The molecule has 0 bridgehead atoms. The van der Waals surface area contributed by atoms with Crippen LogP contribution < -0.4 is 5.32 Å². The maximum atomic E-state index is 15.1. The lowest BCUT2D eigenvalue weighted by atomic mass is 9.98. The largest absolute Gasteiger partial charge is 0.449 e. The lowest BCUT2D eigenvalue weighted by molar-refractivity contribution is 0.0982. The van der Waals surface area contributed by atoms with E-state index in [1.54, 1.807) is 18.1 Å². The van der Waals surface area contributed by atoms with Gasteiger partial charge in [0.25, 0.3) is 0 Å². The Balaban J connectivity index is 0.962. The molecule has 0 spiro atoms. The first-order chi connectivity index (χ1) is 27.4. The highest BCUT2D eigenvalue weighted by atomic mass is 33.1. The summed E-state index contributed by atoms with van der Waals surface area (Å²) in [4.78, 5) is 45.1. The predicted octanol–water partition coefficient (Wildman–Crippen LogP) is 9.87. The molecular weight excluding hydrogens is 748 g/mol. The van der Waals surface area contributed by atoms with Gasteiger partial charge in [-0.1, -0.05) is 89.7 Å². The van der Waals surface area contributed by atoms with Crippen LogP contribution in [0.25, 0.3) is 33.3 Å². The van der Waals surface area contributed by atoms with Crippen LogP contribution >= 0.6 is 21.6 Å². The van der Waals surface area contributed by atoms with Crippen molar-refractivity contribution in [3.05, 3.63) is 143 Å². The Hall–Kier alpha value is -5.59. The second-order valence-electron chi connectivity index (χ2n) is 13.8. The van der Waals surface area contributed by atoms with Crippen LogP contribution in [0, 0.1) is 5.82 Å². The lowest BCUT2D eigenvalue weighted by Gasteiger charge is -2.20. The number of carbonyl (C=O) groups is 3. The Labute approximate surface area is 332 Å². The quantitative estimate of drug-likeness (QED) is 0.0967. The van der Waals surface area contributed by atoms with Gasteiger partial charge in [-0.05, 0) is 86.8 Å². The molecule has 0 saturated heterocycles. The molecule has 2 amide bonds. The summed E-state index contributed by atoms with van der Waals surface area (Å²) in [6.45, 7) is 0.757. The zero-order valence-electron chi connectivity index (χ0n) is 30.7. The van der Waals surface area contributed by atoms with E-state index < -0.39 is 18.0 Å². The van der Waals surface area contributed by atoms with Crippen LogP contribution in [-0.2, 0) is 29.1 Å². The van der Waals surface area contributed by atoms with E-state index in [-0.39, 0.29) is 31.6 Å². The minimum atomic E-state index is -0.603. The van der Waals surface area contributed by atoms with Crippen LogP contribution in [0.2, 0.25) is 0 Å². The van der Waals surface area contributed by atoms with Crippen molar-refractivity contribution in [2.75, 3.05) is 26.0 Å². The number of pyridine rings is 1. The Bertz CT molecular complexity index is 2380. The third-order valence-corrected chi connectivity index (χ3v) is 12.4. The number of aryl methyl sites for hydroxylation is 1. The van der Waals surface area contributed by atoms with Gasteiger partial charge in [0.05, 0.1) is 17.9 Å². The average molecular weight is 787 g/mol. The van der Waals surface area contributed by atoms with Crippen LogP contribution in [0.15, 0.2) is 114 Å². The van der Waals surface area contributed by atoms with E-state index >= 15 is 4.39 Å². The SMILES string of the molecule is CN(Cc1ccc(-c2c3c4c(cc(F)cc4n2CNC(=O)OCCSSc2ccccn2)C(=O)CCC3)cc1)C(=O)OCC1c2ccccc2-c2ccccc21. The number of halogens is 1. The number of nitrogens with zero attached hydrogens (tertiary/aromatic N) is 3. The van der Waals surface area contributed by atoms with E-state index in [4.69, 9.17) is 9.47 Å². The van der Waals surface area contributed by atoms with Crippen molar-refractivity contribution in [1.29, 1.82) is 0 Å². The third-order valence-electron chi connectivity index (χ3n) is 10.2. The fourth-order valence-electron chi connectivity index (χ4n) is 7.71. The van der Waals surface area contributed by atoms with Crippen LogP contribution in [-0.4, -0.2) is 58.4 Å². The zero-order chi connectivity index (χ0) is 38.6. The van der Waals surface area contributed by atoms with E-state index in [0.29, 0.717) is 48.0 Å². The molecule has 0 fully saturated rings. The van der Waals surface area contributed by atoms with Crippen LogP contribution in [0.4, 0.5) is 14.0 Å². The minimum absolute atomic E-state index is 0.00382. The molecule has 0 unspecified atom stereocenters. The first-order valence-corrected chi connectivity index (χ1v) is 20.8. The first-order valence-electron chi connectivity index (χ1n) is 18.5. The topological polar surface area (TPSA) is 103 Å². The number of hydrogen-bond acceptors (Lipinski definition) is 8. The molecular formula is C44H39FN4O5S2. The molecule has 6 aromatic rings. The van der Waals surface area contributed by atoms with E-state index in [1.807, 2.05) is 71.3 Å². The van der Waals surface area contributed by atoms with Gasteiger partial charge in [0, 0.05) is 48.8 Å². The van der Waals surface area contributed by atoms with E-state index in [2.05, 4.69) is 34.6 Å². The second kappa shape index (κ2) is 16.6. The average Bonchev–Trinajstić information content (AvgIpc) is 3.64. The number of nitrogens with one attached hydrogen (secondary N) is 1. The van der Waals surface area contributed by atoms with Crippen molar-refractivity contribution in [2.45, 2.75) is 43.4 Å². The second-order valence-corrected chi connectivity index (χ2v) is 16.2. The summed E-state index contributed by atoms with van der Waals surface area (Å²) in [5.41, 5.74) is 9.00. The first kappa shape index (κ1) is 37.3. The molecule has 0 atom stereocenters. The summed E-state index contributed by atoms with van der Waals surface area (Å²) < 4.78 is 28.3. The van der Waals surface area contributed by atoms with Crippen molar-refractivity contribution >= 4 is 50.5 Å². The van der Waals surface area contributed by atoms with Crippen LogP contribution in [0.1, 0.15) is 51.4 Å². The number of benzene rings is 4. The minimum Gasteiger partial charge on any atom is -0.449 e. The van der Waals surface area contributed by atoms with Crippen molar-refractivity contribution in [2.24, 2.45) is 0 Å². The van der Waals surface area contributed by atoms with Gasteiger partial charge in [-0.2, -0.15) is 0 Å². The Morgan fingerprint density at radius 1 is 0.911 bits per heavy atom. The van der Waals surface area contributed by atoms with E-state index in [9.17, 15) is 14.4 Å². The van der Waals surface area contributed by atoms with Gasteiger partial charge < -0.3 is 24.3 Å². The molecule has 8 rings (SSSR count). The fourth-order valence-corrected chi connectivity index (χ4v) is 9.42. The summed E-state index contributed by atoms with van der Waals surface area (Å²) in [5, 5.41) is 4.42. The maximum Gasteiger partial charge on any atom is 0.409 e. The van der Waals surface area contributed by atoms with Crippen molar-refractivity contribution < 1.29 is 28.2 Å². The zero-order valence-corrected chi connectivity index (χ0v) is 32.3. The number of hydrogen-bond donors (Lipinski definition) is 1. The number of Topliss-reactive ketones (excluding diaryl/α,β-unsaturated/α-hetero) is 1. The molecule has 0 radical (unpaired) electrons. The summed E-state index contributed by atoms with van der Waals surface area (Å²) in [6, 6.07) is 32.7. The predicted molar refractivity (Wildman–Crippen MR) is 218 cm³/mol.